The van der Waals surface area contributed by atoms with E-state index in [2.05, 4.69) is 14.5 Å². The Morgan fingerprint density at radius 3 is 2.50 bits per heavy atom. The van der Waals surface area contributed by atoms with Gasteiger partial charge in [0.15, 0.2) is 5.82 Å². The van der Waals surface area contributed by atoms with Crippen molar-refractivity contribution in [1.82, 2.24) is 19.1 Å². The lowest BCUT2D eigenvalue weighted by Gasteiger charge is -2.08. The Hall–Kier alpha value is -2.97. The number of halogens is 3. The van der Waals surface area contributed by atoms with Crippen molar-refractivity contribution < 1.29 is 8.78 Å². The lowest BCUT2D eigenvalue weighted by Crippen LogP contribution is -2.22. The zero-order chi connectivity index (χ0) is 19.7. The number of rotatable bonds is 4. The van der Waals surface area contributed by atoms with Gasteiger partial charge >= 0.3 is 0 Å². The highest BCUT2D eigenvalue weighted by Crippen LogP contribution is 2.22. The Balaban J connectivity index is 1.68. The van der Waals surface area contributed by atoms with Crippen molar-refractivity contribution >= 4 is 23.1 Å². The zero-order valence-electron chi connectivity index (χ0n) is 14.1. The predicted octanol–water partition coefficient (Wildman–Crippen LogP) is 4.41. The predicted molar refractivity (Wildman–Crippen MR) is 103 cm³/mol. The summed E-state index contributed by atoms with van der Waals surface area (Å²) in [6.45, 7) is 0.177. The number of nitrogens with zero attached hydrogens (tertiary/aromatic N) is 4. The molecule has 0 fully saturated rings. The second-order valence-electron chi connectivity index (χ2n) is 5.94. The van der Waals surface area contributed by atoms with Gasteiger partial charge in [0.25, 0.3) is 5.56 Å². The fraction of sp³-hybridized carbons (Fsp3) is 0.0526. The summed E-state index contributed by atoms with van der Waals surface area (Å²) in [5.41, 5.74) is 1.77. The van der Waals surface area contributed by atoms with Crippen LogP contribution in [-0.2, 0) is 6.54 Å². The largest absolute Gasteiger partial charge is 0.268 e. The van der Waals surface area contributed by atoms with E-state index in [-0.39, 0.29) is 17.7 Å². The molecular weight excluding hydrogens is 406 g/mol. The maximum atomic E-state index is 13.5. The van der Waals surface area contributed by atoms with Gasteiger partial charge in [-0.05, 0) is 53.0 Å². The molecule has 0 unspecified atom stereocenters. The van der Waals surface area contributed by atoms with Crippen LogP contribution in [0.1, 0.15) is 5.56 Å². The van der Waals surface area contributed by atoms with Crippen LogP contribution >= 0.6 is 23.1 Å². The second kappa shape index (κ2) is 7.57. The summed E-state index contributed by atoms with van der Waals surface area (Å²) in [7, 11) is 0. The summed E-state index contributed by atoms with van der Waals surface area (Å²) in [5.74, 6) is -0.922. The van der Waals surface area contributed by atoms with Crippen molar-refractivity contribution in [2.75, 3.05) is 0 Å². The zero-order valence-corrected chi connectivity index (χ0v) is 15.7. The van der Waals surface area contributed by atoms with Crippen molar-refractivity contribution in [2.24, 2.45) is 0 Å². The molecule has 4 rings (SSSR count). The SMILES string of the molecule is O=c1ccc(-c2cc(F)cc(F)c2)nn1Cc1cccc(-c2nsc(Cl)n2)c1. The molecule has 0 saturated heterocycles. The lowest BCUT2D eigenvalue weighted by molar-refractivity contribution is 0.583. The summed E-state index contributed by atoms with van der Waals surface area (Å²) >= 11 is 6.92. The molecule has 0 aliphatic carbocycles. The number of hydrogen-bond donors (Lipinski definition) is 0. The fourth-order valence-electron chi connectivity index (χ4n) is 2.72. The number of hydrogen-bond acceptors (Lipinski definition) is 5. The van der Waals surface area contributed by atoms with Gasteiger partial charge in [-0.1, -0.05) is 18.2 Å². The van der Waals surface area contributed by atoms with E-state index in [1.165, 1.54) is 28.9 Å². The smallest absolute Gasteiger partial charge is 0.267 e. The fourth-order valence-corrected chi connectivity index (χ4v) is 3.34. The van der Waals surface area contributed by atoms with Gasteiger partial charge in [-0.15, -0.1) is 0 Å². The average Bonchev–Trinajstić information content (AvgIpc) is 3.09. The topological polar surface area (TPSA) is 60.7 Å². The molecule has 9 heteroatoms. The Bertz CT molecular complexity index is 1200. The molecule has 0 bridgehead atoms. The minimum absolute atomic E-state index is 0.177. The van der Waals surface area contributed by atoms with E-state index in [0.29, 0.717) is 16.0 Å². The molecule has 0 radical (unpaired) electrons. The van der Waals surface area contributed by atoms with Crippen LogP contribution in [0.4, 0.5) is 8.78 Å². The van der Waals surface area contributed by atoms with Crippen LogP contribution in [0, 0.1) is 11.6 Å². The molecule has 2 heterocycles. The van der Waals surface area contributed by atoms with Gasteiger partial charge in [-0.3, -0.25) is 4.79 Å². The molecule has 0 N–H and O–H groups in total. The van der Waals surface area contributed by atoms with Crippen LogP contribution < -0.4 is 5.56 Å². The third-order valence-electron chi connectivity index (χ3n) is 3.94. The molecule has 0 amide bonds. The van der Waals surface area contributed by atoms with Gasteiger partial charge in [0.05, 0.1) is 12.2 Å². The van der Waals surface area contributed by atoms with E-state index in [4.69, 9.17) is 11.6 Å². The molecule has 4 aromatic rings. The van der Waals surface area contributed by atoms with Crippen molar-refractivity contribution in [3.05, 3.63) is 86.6 Å². The first-order valence-corrected chi connectivity index (χ1v) is 9.26. The monoisotopic (exact) mass is 416 g/mol. The molecule has 5 nitrogen and oxygen atoms in total. The molecule has 0 aliphatic heterocycles. The summed E-state index contributed by atoms with van der Waals surface area (Å²) in [5, 5.41) is 4.25. The first kappa shape index (κ1) is 18.4. The van der Waals surface area contributed by atoms with Crippen molar-refractivity contribution in [3.63, 3.8) is 0 Å². The van der Waals surface area contributed by atoms with Crippen LogP contribution in [0.15, 0.2) is 59.4 Å². The minimum atomic E-state index is -0.711. The third kappa shape index (κ3) is 3.97. The van der Waals surface area contributed by atoms with Crippen LogP contribution in [0.3, 0.4) is 0 Å². The van der Waals surface area contributed by atoms with E-state index in [1.54, 1.807) is 0 Å². The Morgan fingerprint density at radius 2 is 1.79 bits per heavy atom. The van der Waals surface area contributed by atoms with Gasteiger partial charge in [-0.2, -0.15) is 9.47 Å². The average molecular weight is 417 g/mol. The summed E-state index contributed by atoms with van der Waals surface area (Å²) in [4.78, 5) is 16.3. The van der Waals surface area contributed by atoms with Gasteiger partial charge in [-0.25, -0.2) is 18.4 Å². The van der Waals surface area contributed by atoms with Crippen molar-refractivity contribution in [2.45, 2.75) is 6.54 Å². The summed E-state index contributed by atoms with van der Waals surface area (Å²) in [6, 6.07) is 13.2. The highest BCUT2D eigenvalue weighted by atomic mass is 35.5. The molecule has 28 heavy (non-hydrogen) atoms. The van der Waals surface area contributed by atoms with Crippen LogP contribution in [0.2, 0.25) is 4.47 Å². The molecule has 0 atom stereocenters. The molecule has 2 aromatic heterocycles. The standard InChI is InChI=1S/C19H11ClF2N4OS/c20-19-23-18(25-28-19)12-3-1-2-11(6-12)10-26-17(27)5-4-16(24-26)13-7-14(21)9-15(22)8-13/h1-9H,10H2. The van der Waals surface area contributed by atoms with Crippen molar-refractivity contribution in [3.8, 4) is 22.6 Å². The normalized spacial score (nSPS) is 11.0. The molecule has 0 spiro atoms. The number of aromatic nitrogens is 4. The summed E-state index contributed by atoms with van der Waals surface area (Å²) < 4.78 is 32.7. The van der Waals surface area contributed by atoms with E-state index in [9.17, 15) is 13.6 Å². The first-order valence-electron chi connectivity index (χ1n) is 8.11. The van der Waals surface area contributed by atoms with Gasteiger partial charge in [0, 0.05) is 23.3 Å². The van der Waals surface area contributed by atoms with E-state index >= 15 is 0 Å². The van der Waals surface area contributed by atoms with E-state index < -0.39 is 11.6 Å². The van der Waals surface area contributed by atoms with Gasteiger partial charge in [0.1, 0.15) is 11.6 Å². The quantitative estimate of drug-likeness (QED) is 0.494. The summed E-state index contributed by atoms with van der Waals surface area (Å²) in [6.07, 6.45) is 0. The first-order chi connectivity index (χ1) is 13.5. The Kier molecular flexibility index (Phi) is 4.97. The Morgan fingerprint density at radius 1 is 1.00 bits per heavy atom. The lowest BCUT2D eigenvalue weighted by atomic mass is 10.1. The molecule has 140 valence electrons. The maximum Gasteiger partial charge on any atom is 0.267 e. The van der Waals surface area contributed by atoms with Crippen LogP contribution in [0.25, 0.3) is 22.6 Å². The third-order valence-corrected chi connectivity index (χ3v) is 4.74. The number of benzene rings is 2. The van der Waals surface area contributed by atoms with Crippen molar-refractivity contribution in [1.29, 1.82) is 0 Å². The van der Waals surface area contributed by atoms with Crippen LogP contribution in [0.5, 0.6) is 0 Å². The molecule has 2 aromatic carbocycles. The molecular formula is C19H11ClF2N4OS. The maximum absolute atomic E-state index is 13.5. The second-order valence-corrected chi connectivity index (χ2v) is 7.28. The Labute approximate surface area is 167 Å². The van der Waals surface area contributed by atoms with E-state index in [0.717, 1.165) is 28.7 Å². The highest BCUT2D eigenvalue weighted by molar-refractivity contribution is 7.10. The minimum Gasteiger partial charge on any atom is -0.268 e. The molecule has 0 saturated carbocycles. The van der Waals surface area contributed by atoms with E-state index in [1.807, 2.05) is 24.3 Å². The molecule has 0 aliphatic rings. The van der Waals surface area contributed by atoms with Gasteiger partial charge in [0.2, 0.25) is 4.47 Å². The van der Waals surface area contributed by atoms with Crippen LogP contribution in [-0.4, -0.2) is 19.1 Å². The van der Waals surface area contributed by atoms with Gasteiger partial charge < -0.3 is 0 Å². The highest BCUT2D eigenvalue weighted by Gasteiger charge is 2.09.